The first kappa shape index (κ1) is 12.2. The molecular formula is C9H11N3O3S2. The van der Waals surface area contributed by atoms with Crippen LogP contribution in [0.1, 0.15) is 5.82 Å². The van der Waals surface area contributed by atoms with Gasteiger partial charge in [0, 0.05) is 0 Å². The van der Waals surface area contributed by atoms with E-state index in [2.05, 4.69) is 15.2 Å². The van der Waals surface area contributed by atoms with Crippen molar-refractivity contribution in [3.05, 3.63) is 23.3 Å². The van der Waals surface area contributed by atoms with E-state index < -0.39 is 9.84 Å². The molecule has 2 aromatic rings. The topological polar surface area (TPSA) is 95.9 Å². The van der Waals surface area contributed by atoms with Crippen LogP contribution < -0.4 is 0 Å². The molecule has 0 spiro atoms. The second-order valence-electron chi connectivity index (χ2n) is 3.40. The summed E-state index contributed by atoms with van der Waals surface area (Å²) in [5.41, 5.74) is 0. The van der Waals surface area contributed by atoms with Crippen molar-refractivity contribution in [3.8, 4) is 10.7 Å². The summed E-state index contributed by atoms with van der Waals surface area (Å²) in [6.07, 6.45) is 0. The molecule has 0 fully saturated rings. The lowest BCUT2D eigenvalue weighted by atomic mass is 10.4. The van der Waals surface area contributed by atoms with Gasteiger partial charge in [0.15, 0.2) is 15.7 Å². The summed E-state index contributed by atoms with van der Waals surface area (Å²) in [4.78, 5) is 4.98. The van der Waals surface area contributed by atoms with E-state index in [4.69, 9.17) is 5.11 Å². The fourth-order valence-electron chi connectivity index (χ4n) is 1.30. The summed E-state index contributed by atoms with van der Waals surface area (Å²) in [5.74, 6) is 0.296. The van der Waals surface area contributed by atoms with Gasteiger partial charge in [0.25, 0.3) is 0 Å². The van der Waals surface area contributed by atoms with Crippen LogP contribution in [0.2, 0.25) is 0 Å². The van der Waals surface area contributed by atoms with Crippen molar-refractivity contribution in [1.82, 2.24) is 15.2 Å². The Hall–Kier alpha value is -1.25. The van der Waals surface area contributed by atoms with Crippen molar-refractivity contribution < 1.29 is 13.5 Å². The number of hydrogen-bond donors (Lipinski definition) is 2. The number of sulfone groups is 1. The molecule has 0 amide bonds. The quantitative estimate of drug-likeness (QED) is 0.824. The van der Waals surface area contributed by atoms with Gasteiger partial charge in [-0.2, -0.15) is 5.10 Å². The Morgan fingerprint density at radius 1 is 1.47 bits per heavy atom. The lowest BCUT2D eigenvalue weighted by molar-refractivity contribution is 0.319. The number of H-pyrrole nitrogens is 1. The van der Waals surface area contributed by atoms with Gasteiger partial charge in [-0.05, 0) is 11.4 Å². The van der Waals surface area contributed by atoms with E-state index in [1.165, 1.54) is 11.3 Å². The number of nitrogens with one attached hydrogen (secondary N) is 1. The lowest BCUT2D eigenvalue weighted by Crippen LogP contribution is -2.13. The minimum absolute atomic E-state index is 0.230. The molecule has 0 aliphatic carbocycles. The van der Waals surface area contributed by atoms with E-state index >= 15 is 0 Å². The molecule has 8 heteroatoms. The summed E-state index contributed by atoms with van der Waals surface area (Å²) in [5, 5.41) is 17.1. The largest absolute Gasteiger partial charge is 0.395 e. The minimum atomic E-state index is -3.32. The molecule has 0 saturated heterocycles. The second kappa shape index (κ2) is 4.94. The molecule has 0 radical (unpaired) electrons. The molecule has 92 valence electrons. The summed E-state index contributed by atoms with van der Waals surface area (Å²) >= 11 is 1.48. The number of aliphatic hydroxyl groups excluding tert-OH is 1. The Balaban J connectivity index is 2.15. The predicted molar refractivity (Wildman–Crippen MR) is 64.3 cm³/mol. The standard InChI is InChI=1S/C9H11N3O3S2/c13-3-5-17(14,15)6-8-10-9(12-11-8)7-2-1-4-16-7/h1-2,4,13H,3,5-6H2,(H,10,11,12). The molecule has 0 aliphatic rings. The number of hydrogen-bond acceptors (Lipinski definition) is 6. The van der Waals surface area contributed by atoms with Crippen LogP contribution in [0.5, 0.6) is 0 Å². The van der Waals surface area contributed by atoms with Crippen molar-refractivity contribution in [2.75, 3.05) is 12.4 Å². The first-order valence-electron chi connectivity index (χ1n) is 4.87. The third-order valence-electron chi connectivity index (χ3n) is 2.03. The summed E-state index contributed by atoms with van der Waals surface area (Å²) in [7, 11) is -3.32. The number of aromatic amines is 1. The highest BCUT2D eigenvalue weighted by molar-refractivity contribution is 7.90. The van der Waals surface area contributed by atoms with E-state index in [1.807, 2.05) is 17.5 Å². The zero-order valence-electron chi connectivity index (χ0n) is 8.83. The fraction of sp³-hybridized carbons (Fsp3) is 0.333. The molecule has 2 rings (SSSR count). The fourth-order valence-corrected chi connectivity index (χ4v) is 2.92. The van der Waals surface area contributed by atoms with Crippen LogP contribution in [0, 0.1) is 0 Å². The Bertz CT molecular complexity index is 574. The Morgan fingerprint density at radius 2 is 2.29 bits per heavy atom. The average molecular weight is 273 g/mol. The summed E-state index contributed by atoms with van der Waals surface area (Å²) in [6, 6.07) is 3.73. The number of rotatable bonds is 5. The molecule has 17 heavy (non-hydrogen) atoms. The molecule has 0 aromatic carbocycles. The SMILES string of the molecule is O=S(=O)(CCO)Cc1nc(-c2cccs2)n[nH]1. The molecule has 0 atom stereocenters. The van der Waals surface area contributed by atoms with Crippen LogP contribution in [0.4, 0.5) is 0 Å². The maximum Gasteiger partial charge on any atom is 0.191 e. The third kappa shape index (κ3) is 3.11. The molecule has 0 bridgehead atoms. The first-order valence-corrected chi connectivity index (χ1v) is 7.57. The number of thiophene rings is 1. The van der Waals surface area contributed by atoms with Crippen LogP contribution >= 0.6 is 11.3 Å². The van der Waals surface area contributed by atoms with Gasteiger partial charge < -0.3 is 5.11 Å². The van der Waals surface area contributed by atoms with Gasteiger partial charge in [0.2, 0.25) is 0 Å². The van der Waals surface area contributed by atoms with Gasteiger partial charge in [-0.15, -0.1) is 11.3 Å². The lowest BCUT2D eigenvalue weighted by Gasteiger charge is -1.97. The van der Waals surface area contributed by atoms with Crippen molar-refractivity contribution in [2.24, 2.45) is 0 Å². The van der Waals surface area contributed by atoms with E-state index in [9.17, 15) is 8.42 Å². The molecule has 2 heterocycles. The highest BCUT2D eigenvalue weighted by atomic mass is 32.2. The maximum atomic E-state index is 11.5. The van der Waals surface area contributed by atoms with Crippen LogP contribution in [-0.4, -0.2) is 41.1 Å². The zero-order valence-corrected chi connectivity index (χ0v) is 10.5. The molecule has 2 N–H and O–H groups in total. The highest BCUT2D eigenvalue weighted by Gasteiger charge is 2.15. The van der Waals surface area contributed by atoms with Gasteiger partial charge in [-0.1, -0.05) is 6.07 Å². The third-order valence-corrected chi connectivity index (χ3v) is 4.42. The Kier molecular flexibility index (Phi) is 3.55. The monoisotopic (exact) mass is 273 g/mol. The normalized spacial score (nSPS) is 11.8. The molecule has 0 unspecified atom stereocenters. The van der Waals surface area contributed by atoms with Crippen LogP contribution in [0.3, 0.4) is 0 Å². The van der Waals surface area contributed by atoms with Gasteiger partial charge in [0.1, 0.15) is 11.6 Å². The molecular weight excluding hydrogens is 262 g/mol. The Morgan fingerprint density at radius 3 is 2.94 bits per heavy atom. The van der Waals surface area contributed by atoms with Crippen molar-refractivity contribution >= 4 is 21.2 Å². The smallest absolute Gasteiger partial charge is 0.191 e. The number of aromatic nitrogens is 3. The number of aliphatic hydroxyl groups is 1. The predicted octanol–water partition coefficient (Wildman–Crippen LogP) is 0.440. The first-order chi connectivity index (χ1) is 8.11. The van der Waals surface area contributed by atoms with E-state index in [0.717, 1.165) is 4.88 Å². The summed E-state index contributed by atoms with van der Waals surface area (Å²) < 4.78 is 22.9. The molecule has 6 nitrogen and oxygen atoms in total. The minimum Gasteiger partial charge on any atom is -0.395 e. The average Bonchev–Trinajstić information content (AvgIpc) is 2.85. The molecule has 0 aliphatic heterocycles. The van der Waals surface area contributed by atoms with Crippen LogP contribution in [0.15, 0.2) is 17.5 Å². The van der Waals surface area contributed by atoms with Crippen molar-refractivity contribution in [2.45, 2.75) is 5.75 Å². The van der Waals surface area contributed by atoms with E-state index in [-0.39, 0.29) is 18.1 Å². The Labute approximate surface area is 102 Å². The van der Waals surface area contributed by atoms with Gasteiger partial charge >= 0.3 is 0 Å². The highest BCUT2D eigenvalue weighted by Crippen LogP contribution is 2.20. The maximum absolute atomic E-state index is 11.5. The van der Waals surface area contributed by atoms with E-state index in [1.54, 1.807) is 0 Å². The summed E-state index contributed by atoms with van der Waals surface area (Å²) in [6.45, 7) is -0.381. The molecule has 2 aromatic heterocycles. The molecule has 0 saturated carbocycles. The van der Waals surface area contributed by atoms with Gasteiger partial charge in [-0.25, -0.2) is 13.4 Å². The van der Waals surface area contributed by atoms with Crippen molar-refractivity contribution in [1.29, 1.82) is 0 Å². The van der Waals surface area contributed by atoms with E-state index in [0.29, 0.717) is 11.6 Å². The van der Waals surface area contributed by atoms with Gasteiger partial charge in [0.05, 0.1) is 17.2 Å². The number of nitrogens with zero attached hydrogens (tertiary/aromatic N) is 2. The van der Waals surface area contributed by atoms with Crippen molar-refractivity contribution in [3.63, 3.8) is 0 Å². The second-order valence-corrected chi connectivity index (χ2v) is 6.53. The van der Waals surface area contributed by atoms with Crippen LogP contribution in [-0.2, 0) is 15.6 Å². The van der Waals surface area contributed by atoms with Crippen LogP contribution in [0.25, 0.3) is 10.7 Å². The van der Waals surface area contributed by atoms with Gasteiger partial charge in [-0.3, -0.25) is 5.10 Å². The zero-order chi connectivity index (χ0) is 12.3.